The van der Waals surface area contributed by atoms with Crippen LogP contribution < -0.4 is 5.32 Å². The van der Waals surface area contributed by atoms with E-state index in [2.05, 4.69) is 40.9 Å². The smallest absolute Gasteiger partial charge is 0.230 e. The number of thioether (sulfide) groups is 1. The van der Waals surface area contributed by atoms with Gasteiger partial charge in [-0.05, 0) is 56.8 Å². The zero-order chi connectivity index (χ0) is 18.0. The molecule has 1 heterocycles. The van der Waals surface area contributed by atoms with Crippen LogP contribution in [0.25, 0.3) is 0 Å². The average molecular weight is 365 g/mol. The van der Waals surface area contributed by atoms with Gasteiger partial charge in [0.15, 0.2) is 5.16 Å². The highest BCUT2D eigenvalue weighted by Gasteiger charge is 2.32. The van der Waals surface area contributed by atoms with Crippen LogP contribution in [0, 0.1) is 18.3 Å². The molecule has 1 N–H and O–H groups in total. The van der Waals surface area contributed by atoms with Crippen LogP contribution in [-0.2, 0) is 4.79 Å². The summed E-state index contributed by atoms with van der Waals surface area (Å²) in [5, 5.41) is 12.5. The zero-order valence-electron chi connectivity index (χ0n) is 16.0. The Morgan fingerprint density at radius 3 is 2.48 bits per heavy atom. The molecule has 5 nitrogen and oxygen atoms in total. The molecule has 2 saturated carbocycles. The number of rotatable bonds is 7. The first kappa shape index (κ1) is 18.7. The topological polar surface area (TPSA) is 59.8 Å². The summed E-state index contributed by atoms with van der Waals surface area (Å²) >= 11 is 1.52. The number of nitrogens with zero attached hydrogens (tertiary/aromatic N) is 3. The van der Waals surface area contributed by atoms with E-state index in [-0.39, 0.29) is 5.91 Å². The van der Waals surface area contributed by atoms with E-state index in [1.165, 1.54) is 43.9 Å². The fourth-order valence-electron chi connectivity index (χ4n) is 3.91. The Morgan fingerprint density at radius 1 is 1.20 bits per heavy atom. The second-order valence-electron chi connectivity index (χ2n) is 8.38. The van der Waals surface area contributed by atoms with E-state index in [0.717, 1.165) is 29.7 Å². The molecule has 0 atom stereocenters. The minimum Gasteiger partial charge on any atom is -0.353 e. The van der Waals surface area contributed by atoms with Crippen LogP contribution in [0.1, 0.15) is 77.6 Å². The van der Waals surface area contributed by atoms with Gasteiger partial charge in [-0.25, -0.2) is 0 Å². The summed E-state index contributed by atoms with van der Waals surface area (Å²) in [7, 11) is 0. The van der Waals surface area contributed by atoms with E-state index in [1.807, 2.05) is 6.92 Å². The Kier molecular flexibility index (Phi) is 5.76. The standard InChI is InChI=1S/C19H32N4OS/c1-5-19(3,4)14-6-8-15(9-7-14)20-17(24)12-25-18-22-21-13(2)23(18)16-10-11-16/h14-16H,5-12H2,1-4H3,(H,20,24). The van der Waals surface area contributed by atoms with Crippen molar-refractivity contribution in [2.24, 2.45) is 11.3 Å². The molecule has 0 bridgehead atoms. The van der Waals surface area contributed by atoms with Crippen molar-refractivity contribution in [3.63, 3.8) is 0 Å². The van der Waals surface area contributed by atoms with Crippen molar-refractivity contribution in [3.8, 4) is 0 Å². The Morgan fingerprint density at radius 2 is 1.88 bits per heavy atom. The van der Waals surface area contributed by atoms with E-state index in [0.29, 0.717) is 23.3 Å². The maximum absolute atomic E-state index is 12.3. The molecule has 0 aromatic carbocycles. The lowest BCUT2D eigenvalue weighted by Crippen LogP contribution is -2.40. The lowest BCUT2D eigenvalue weighted by Gasteiger charge is -2.39. The van der Waals surface area contributed by atoms with Crippen molar-refractivity contribution in [2.45, 2.75) is 89.9 Å². The quantitative estimate of drug-likeness (QED) is 0.739. The van der Waals surface area contributed by atoms with Gasteiger partial charge in [-0.3, -0.25) is 4.79 Å². The first-order valence-corrected chi connectivity index (χ1v) is 10.7. The highest BCUT2D eigenvalue weighted by Crippen LogP contribution is 2.40. The summed E-state index contributed by atoms with van der Waals surface area (Å²) in [5.74, 6) is 2.32. The van der Waals surface area contributed by atoms with Gasteiger partial charge in [0.2, 0.25) is 5.91 Å². The maximum atomic E-state index is 12.3. The molecule has 0 spiro atoms. The van der Waals surface area contributed by atoms with E-state index in [9.17, 15) is 4.79 Å². The molecule has 1 aromatic rings. The molecule has 140 valence electrons. The van der Waals surface area contributed by atoms with Gasteiger partial charge in [0.05, 0.1) is 5.75 Å². The summed E-state index contributed by atoms with van der Waals surface area (Å²) in [4.78, 5) is 12.3. The molecule has 0 unspecified atom stereocenters. The van der Waals surface area contributed by atoms with Crippen LogP contribution in [0.4, 0.5) is 0 Å². The molecule has 0 aliphatic heterocycles. The highest BCUT2D eigenvalue weighted by atomic mass is 32.2. The predicted octanol–water partition coefficient (Wildman–Crippen LogP) is 4.12. The Bertz CT molecular complexity index is 601. The molecular weight excluding hydrogens is 332 g/mol. The number of aromatic nitrogens is 3. The fourth-order valence-corrected chi connectivity index (χ4v) is 4.77. The van der Waals surface area contributed by atoms with Gasteiger partial charge in [-0.2, -0.15) is 0 Å². The van der Waals surface area contributed by atoms with Gasteiger partial charge < -0.3 is 9.88 Å². The second-order valence-corrected chi connectivity index (χ2v) is 9.32. The number of carbonyl (C=O) groups is 1. The number of hydrogen-bond donors (Lipinski definition) is 1. The molecule has 2 aliphatic carbocycles. The van der Waals surface area contributed by atoms with Crippen molar-refractivity contribution in [1.29, 1.82) is 0 Å². The van der Waals surface area contributed by atoms with Crippen molar-refractivity contribution >= 4 is 17.7 Å². The van der Waals surface area contributed by atoms with Gasteiger partial charge in [0.25, 0.3) is 0 Å². The van der Waals surface area contributed by atoms with Crippen LogP contribution in [0.15, 0.2) is 5.16 Å². The number of carbonyl (C=O) groups excluding carboxylic acids is 1. The zero-order valence-corrected chi connectivity index (χ0v) is 16.9. The first-order chi connectivity index (χ1) is 11.9. The van der Waals surface area contributed by atoms with Crippen molar-refractivity contribution in [3.05, 3.63) is 5.82 Å². The molecule has 3 rings (SSSR count). The predicted molar refractivity (Wildman–Crippen MR) is 102 cm³/mol. The summed E-state index contributed by atoms with van der Waals surface area (Å²) in [6, 6.07) is 0.901. The van der Waals surface area contributed by atoms with Crippen LogP contribution in [0.2, 0.25) is 0 Å². The molecule has 2 fully saturated rings. The molecule has 2 aliphatic rings. The monoisotopic (exact) mass is 364 g/mol. The van der Waals surface area contributed by atoms with E-state index < -0.39 is 0 Å². The van der Waals surface area contributed by atoms with E-state index in [1.54, 1.807) is 0 Å². The van der Waals surface area contributed by atoms with Gasteiger partial charge in [0.1, 0.15) is 5.82 Å². The maximum Gasteiger partial charge on any atom is 0.230 e. The normalized spacial score (nSPS) is 24.3. The Balaban J connectivity index is 1.43. The highest BCUT2D eigenvalue weighted by molar-refractivity contribution is 7.99. The number of nitrogens with one attached hydrogen (secondary N) is 1. The Labute approximate surface area is 155 Å². The van der Waals surface area contributed by atoms with Gasteiger partial charge in [-0.15, -0.1) is 10.2 Å². The van der Waals surface area contributed by atoms with Crippen LogP contribution in [-0.4, -0.2) is 32.5 Å². The number of hydrogen-bond acceptors (Lipinski definition) is 4. The third kappa shape index (κ3) is 4.57. The largest absolute Gasteiger partial charge is 0.353 e. The minimum absolute atomic E-state index is 0.131. The summed E-state index contributed by atoms with van der Waals surface area (Å²) in [5.41, 5.74) is 0.426. The van der Waals surface area contributed by atoms with Crippen molar-refractivity contribution < 1.29 is 4.79 Å². The van der Waals surface area contributed by atoms with Crippen LogP contribution in [0.3, 0.4) is 0 Å². The summed E-state index contributed by atoms with van der Waals surface area (Å²) in [6.07, 6.45) is 8.32. The van der Waals surface area contributed by atoms with Crippen LogP contribution in [0.5, 0.6) is 0 Å². The third-order valence-electron chi connectivity index (χ3n) is 6.19. The minimum atomic E-state index is 0.131. The molecule has 0 saturated heterocycles. The molecule has 1 aromatic heterocycles. The van der Waals surface area contributed by atoms with Crippen LogP contribution >= 0.6 is 11.8 Å². The molecule has 0 radical (unpaired) electrons. The average Bonchev–Trinajstić information content (AvgIpc) is 3.36. The molecule has 1 amide bonds. The van der Waals surface area contributed by atoms with E-state index >= 15 is 0 Å². The first-order valence-electron chi connectivity index (χ1n) is 9.74. The van der Waals surface area contributed by atoms with Crippen molar-refractivity contribution in [1.82, 2.24) is 20.1 Å². The lowest BCUT2D eigenvalue weighted by molar-refractivity contribution is -0.119. The SMILES string of the molecule is CCC(C)(C)C1CCC(NC(=O)CSc2nnc(C)n2C2CC2)CC1. The number of amides is 1. The fraction of sp³-hybridized carbons (Fsp3) is 0.842. The van der Waals surface area contributed by atoms with Gasteiger partial charge in [0, 0.05) is 12.1 Å². The van der Waals surface area contributed by atoms with Gasteiger partial charge >= 0.3 is 0 Å². The second kappa shape index (κ2) is 7.68. The van der Waals surface area contributed by atoms with Gasteiger partial charge in [-0.1, -0.05) is 39.0 Å². The third-order valence-corrected chi connectivity index (χ3v) is 7.13. The number of aryl methyl sites for hydroxylation is 1. The Hall–Kier alpha value is -1.04. The lowest BCUT2D eigenvalue weighted by atomic mass is 9.69. The molecule has 25 heavy (non-hydrogen) atoms. The molecular formula is C19H32N4OS. The summed E-state index contributed by atoms with van der Waals surface area (Å²) in [6.45, 7) is 9.04. The van der Waals surface area contributed by atoms with E-state index in [4.69, 9.17) is 0 Å². The van der Waals surface area contributed by atoms with Crippen molar-refractivity contribution in [2.75, 3.05) is 5.75 Å². The summed E-state index contributed by atoms with van der Waals surface area (Å²) < 4.78 is 2.19. The molecule has 6 heteroatoms.